The average Bonchev–Trinajstić information content (AvgIpc) is 2.76. The van der Waals surface area contributed by atoms with Gasteiger partial charge in [0.2, 0.25) is 10.0 Å². The Morgan fingerprint density at radius 3 is 2.48 bits per heavy atom. The van der Waals surface area contributed by atoms with E-state index in [2.05, 4.69) is 4.72 Å². The third-order valence-corrected chi connectivity index (χ3v) is 4.42. The summed E-state index contributed by atoms with van der Waals surface area (Å²) in [6.07, 6.45) is -0.354. The van der Waals surface area contributed by atoms with Crippen LogP contribution in [0.15, 0.2) is 29.2 Å². The standard InChI is InChI=1S/C13H17NO6S/c1-13(2)19-8-10(20-13)7-14-21(17,18)11-5-3-9(4-6-11)12(15)16/h3-6,10,14H,7-8H2,1-2H3,(H,15,16). The van der Waals surface area contributed by atoms with Crippen LogP contribution in [0.2, 0.25) is 0 Å². The Labute approximate surface area is 122 Å². The fourth-order valence-corrected chi connectivity index (χ4v) is 2.99. The summed E-state index contributed by atoms with van der Waals surface area (Å²) in [5.74, 6) is -1.81. The number of carboxylic acids is 1. The molecule has 0 spiro atoms. The Hall–Kier alpha value is -1.48. The van der Waals surface area contributed by atoms with E-state index in [0.717, 1.165) is 0 Å². The van der Waals surface area contributed by atoms with Gasteiger partial charge in [-0.15, -0.1) is 0 Å². The summed E-state index contributed by atoms with van der Waals surface area (Å²) in [5, 5.41) is 8.78. The maximum atomic E-state index is 12.1. The zero-order chi connectivity index (χ0) is 15.7. The lowest BCUT2D eigenvalue weighted by Gasteiger charge is -2.17. The Kier molecular flexibility index (Phi) is 4.33. The van der Waals surface area contributed by atoms with Crippen LogP contribution in [0.3, 0.4) is 0 Å². The number of rotatable bonds is 5. The van der Waals surface area contributed by atoms with E-state index in [4.69, 9.17) is 14.6 Å². The second-order valence-electron chi connectivity index (χ2n) is 5.13. The van der Waals surface area contributed by atoms with E-state index in [0.29, 0.717) is 6.61 Å². The molecule has 0 radical (unpaired) electrons. The van der Waals surface area contributed by atoms with Crippen molar-refractivity contribution in [2.24, 2.45) is 0 Å². The van der Waals surface area contributed by atoms with Crippen molar-refractivity contribution in [1.82, 2.24) is 4.72 Å². The molecule has 1 aromatic rings. The minimum absolute atomic E-state index is 0.00526. The van der Waals surface area contributed by atoms with Crippen LogP contribution in [0.1, 0.15) is 24.2 Å². The lowest BCUT2D eigenvalue weighted by atomic mass is 10.2. The van der Waals surface area contributed by atoms with Crippen LogP contribution in [-0.2, 0) is 19.5 Å². The molecule has 2 rings (SSSR count). The highest BCUT2D eigenvalue weighted by atomic mass is 32.2. The van der Waals surface area contributed by atoms with Gasteiger partial charge >= 0.3 is 5.97 Å². The van der Waals surface area contributed by atoms with E-state index in [-0.39, 0.29) is 23.1 Å². The molecule has 21 heavy (non-hydrogen) atoms. The first-order chi connectivity index (χ1) is 9.70. The Bertz CT molecular complexity index is 623. The number of hydrogen-bond acceptors (Lipinski definition) is 5. The van der Waals surface area contributed by atoms with Crippen LogP contribution in [0.4, 0.5) is 0 Å². The summed E-state index contributed by atoms with van der Waals surface area (Å²) in [7, 11) is -3.71. The van der Waals surface area contributed by atoms with E-state index in [9.17, 15) is 13.2 Å². The van der Waals surface area contributed by atoms with Gasteiger partial charge in [0.25, 0.3) is 0 Å². The monoisotopic (exact) mass is 315 g/mol. The minimum atomic E-state index is -3.71. The molecule has 8 heteroatoms. The minimum Gasteiger partial charge on any atom is -0.478 e. The fraction of sp³-hybridized carbons (Fsp3) is 0.462. The molecule has 116 valence electrons. The van der Waals surface area contributed by atoms with Crippen LogP contribution in [-0.4, -0.2) is 44.5 Å². The largest absolute Gasteiger partial charge is 0.478 e. The molecule has 2 N–H and O–H groups in total. The highest BCUT2D eigenvalue weighted by Gasteiger charge is 2.33. The Morgan fingerprint density at radius 1 is 1.38 bits per heavy atom. The van der Waals surface area contributed by atoms with E-state index < -0.39 is 21.8 Å². The first-order valence-electron chi connectivity index (χ1n) is 6.34. The van der Waals surface area contributed by atoms with Gasteiger partial charge in [0.15, 0.2) is 5.79 Å². The summed E-state index contributed by atoms with van der Waals surface area (Å²) in [4.78, 5) is 10.7. The molecular weight excluding hydrogens is 298 g/mol. The van der Waals surface area contributed by atoms with Gasteiger partial charge in [-0.05, 0) is 38.1 Å². The van der Waals surface area contributed by atoms with Crippen LogP contribution in [0, 0.1) is 0 Å². The van der Waals surface area contributed by atoms with Gasteiger partial charge in [-0.25, -0.2) is 17.9 Å². The molecule has 0 amide bonds. The maximum absolute atomic E-state index is 12.1. The molecule has 0 aromatic heterocycles. The van der Waals surface area contributed by atoms with E-state index in [1.807, 2.05) is 0 Å². The average molecular weight is 315 g/mol. The molecule has 1 fully saturated rings. The molecule has 0 aliphatic carbocycles. The van der Waals surface area contributed by atoms with E-state index in [1.165, 1.54) is 24.3 Å². The van der Waals surface area contributed by atoms with Gasteiger partial charge in [0.05, 0.1) is 23.2 Å². The van der Waals surface area contributed by atoms with Gasteiger partial charge in [0, 0.05) is 6.54 Å². The number of carbonyl (C=O) groups is 1. The molecule has 1 atom stereocenters. The third-order valence-electron chi connectivity index (χ3n) is 2.98. The van der Waals surface area contributed by atoms with Crippen molar-refractivity contribution in [2.75, 3.05) is 13.2 Å². The normalized spacial score (nSPS) is 21.3. The quantitative estimate of drug-likeness (QED) is 0.834. The molecule has 1 aliphatic heterocycles. The topological polar surface area (TPSA) is 102 Å². The molecule has 0 saturated carbocycles. The number of ether oxygens (including phenoxy) is 2. The van der Waals surface area contributed by atoms with Gasteiger partial charge in [0.1, 0.15) is 0 Å². The number of sulfonamides is 1. The predicted molar refractivity (Wildman–Crippen MR) is 73.5 cm³/mol. The molecule has 1 saturated heterocycles. The predicted octanol–water partition coefficient (Wildman–Crippen LogP) is 0.815. The molecule has 7 nitrogen and oxygen atoms in total. The van der Waals surface area contributed by atoms with Crippen molar-refractivity contribution in [3.8, 4) is 0 Å². The van der Waals surface area contributed by atoms with Gasteiger partial charge in [-0.3, -0.25) is 0 Å². The smallest absolute Gasteiger partial charge is 0.335 e. The zero-order valence-electron chi connectivity index (χ0n) is 11.7. The van der Waals surface area contributed by atoms with Gasteiger partial charge < -0.3 is 14.6 Å². The van der Waals surface area contributed by atoms with Crippen molar-refractivity contribution in [3.05, 3.63) is 29.8 Å². The van der Waals surface area contributed by atoms with Gasteiger partial charge in [-0.1, -0.05) is 0 Å². The molecular formula is C13H17NO6S. The molecule has 1 aliphatic rings. The molecule has 1 heterocycles. The number of aromatic carboxylic acids is 1. The summed E-state index contributed by atoms with van der Waals surface area (Å²) in [6, 6.07) is 4.99. The number of carboxylic acid groups (broad SMARTS) is 1. The van der Waals surface area contributed by atoms with Crippen LogP contribution in [0.25, 0.3) is 0 Å². The van der Waals surface area contributed by atoms with Gasteiger partial charge in [-0.2, -0.15) is 0 Å². The second-order valence-corrected chi connectivity index (χ2v) is 6.90. The van der Waals surface area contributed by atoms with Crippen molar-refractivity contribution in [1.29, 1.82) is 0 Å². The Balaban J connectivity index is 2.00. The van der Waals surface area contributed by atoms with Crippen LogP contribution >= 0.6 is 0 Å². The van der Waals surface area contributed by atoms with Crippen molar-refractivity contribution >= 4 is 16.0 Å². The van der Waals surface area contributed by atoms with Crippen LogP contribution in [0.5, 0.6) is 0 Å². The lowest BCUT2D eigenvalue weighted by molar-refractivity contribution is -0.137. The highest BCUT2D eigenvalue weighted by molar-refractivity contribution is 7.89. The summed E-state index contributed by atoms with van der Waals surface area (Å²) >= 11 is 0. The Morgan fingerprint density at radius 2 is 2.00 bits per heavy atom. The summed E-state index contributed by atoms with van der Waals surface area (Å²) in [6.45, 7) is 3.91. The summed E-state index contributed by atoms with van der Waals surface area (Å²) in [5.41, 5.74) is 0.0308. The zero-order valence-corrected chi connectivity index (χ0v) is 12.5. The SMILES string of the molecule is CC1(C)OCC(CNS(=O)(=O)c2ccc(C(=O)O)cc2)O1. The maximum Gasteiger partial charge on any atom is 0.335 e. The first kappa shape index (κ1) is 15.9. The first-order valence-corrected chi connectivity index (χ1v) is 7.83. The van der Waals surface area contributed by atoms with Crippen molar-refractivity contribution in [3.63, 3.8) is 0 Å². The fourth-order valence-electron chi connectivity index (χ4n) is 1.93. The summed E-state index contributed by atoms with van der Waals surface area (Å²) < 4.78 is 37.4. The number of hydrogen-bond donors (Lipinski definition) is 2. The molecule has 0 bridgehead atoms. The van der Waals surface area contributed by atoms with Crippen LogP contribution < -0.4 is 4.72 Å². The molecule has 1 aromatic carbocycles. The lowest BCUT2D eigenvalue weighted by Crippen LogP contribution is -2.34. The highest BCUT2D eigenvalue weighted by Crippen LogP contribution is 2.22. The van der Waals surface area contributed by atoms with E-state index in [1.54, 1.807) is 13.8 Å². The second kappa shape index (κ2) is 5.72. The van der Waals surface area contributed by atoms with Crippen molar-refractivity contribution < 1.29 is 27.8 Å². The number of nitrogens with one attached hydrogen (secondary N) is 1. The molecule has 1 unspecified atom stereocenters. The number of benzene rings is 1. The third kappa shape index (κ3) is 4.01. The van der Waals surface area contributed by atoms with E-state index >= 15 is 0 Å². The van der Waals surface area contributed by atoms with Crippen molar-refractivity contribution in [2.45, 2.75) is 30.6 Å².